The van der Waals surface area contributed by atoms with Gasteiger partial charge in [-0.25, -0.2) is 0 Å². The molecule has 0 aromatic carbocycles. The first-order valence-corrected chi connectivity index (χ1v) is 14.4. The van der Waals surface area contributed by atoms with E-state index in [1.54, 1.807) is 24.5 Å². The van der Waals surface area contributed by atoms with E-state index in [0.717, 1.165) is 22.2 Å². The first kappa shape index (κ1) is 29.5. The first-order chi connectivity index (χ1) is 17.0. The lowest BCUT2D eigenvalue weighted by Crippen LogP contribution is -2.37. The van der Waals surface area contributed by atoms with Crippen molar-refractivity contribution in [3.05, 3.63) is 54.1 Å². The van der Waals surface area contributed by atoms with E-state index in [1.165, 1.54) is 0 Å². The van der Waals surface area contributed by atoms with Crippen LogP contribution in [0, 0.1) is 5.92 Å². The van der Waals surface area contributed by atoms with Crippen LogP contribution in [0.4, 0.5) is 0 Å². The maximum absolute atomic E-state index is 13.3. The molecule has 0 radical (unpaired) electrons. The van der Waals surface area contributed by atoms with E-state index in [1.807, 2.05) is 45.6 Å². The van der Waals surface area contributed by atoms with Gasteiger partial charge in [0.15, 0.2) is 11.3 Å². The topological polar surface area (TPSA) is 106 Å². The Morgan fingerprint density at radius 1 is 1.28 bits per heavy atom. The van der Waals surface area contributed by atoms with Crippen molar-refractivity contribution in [3.8, 4) is 0 Å². The van der Waals surface area contributed by atoms with E-state index < -0.39 is 9.71 Å². The van der Waals surface area contributed by atoms with Gasteiger partial charge < -0.3 is 9.32 Å². The number of fused-ring (bicyclic) bond motifs is 1. The molecule has 0 aliphatic heterocycles. The summed E-state index contributed by atoms with van der Waals surface area (Å²) in [5.74, 6) is 0.409. The highest BCUT2D eigenvalue weighted by molar-refractivity contribution is 8.00. The lowest BCUT2D eigenvalue weighted by atomic mass is 10.0. The second-order valence-electron chi connectivity index (χ2n) is 9.54. The number of hydrogen-bond acceptors (Lipinski definition) is 5. The fourth-order valence-electron chi connectivity index (χ4n) is 4.06. The lowest BCUT2D eigenvalue weighted by Gasteiger charge is -2.24. The summed E-state index contributed by atoms with van der Waals surface area (Å²) in [6, 6.07) is 3.49. The highest BCUT2D eigenvalue weighted by atomic mass is 32.2. The van der Waals surface area contributed by atoms with E-state index in [0.29, 0.717) is 55.7 Å². The number of Topliss-reactive ketones (excluding diaryl/α,β-unsaturated/α-hetero) is 1. The molecule has 1 atom stereocenters. The summed E-state index contributed by atoms with van der Waals surface area (Å²) in [4.78, 5) is 31.8. The number of ketones is 1. The minimum absolute atomic E-state index is 0.0601. The molecule has 1 amide bonds. The van der Waals surface area contributed by atoms with E-state index in [9.17, 15) is 13.8 Å². The van der Waals surface area contributed by atoms with Gasteiger partial charge in [-0.05, 0) is 56.0 Å². The average molecular weight is 516 g/mol. The summed E-state index contributed by atoms with van der Waals surface area (Å²) in [5, 5.41) is 7.10. The van der Waals surface area contributed by atoms with Crippen LogP contribution in [0.25, 0.3) is 11.0 Å². The largest absolute Gasteiger partial charge is 0.451 e. The minimum Gasteiger partial charge on any atom is -0.451 e. The van der Waals surface area contributed by atoms with Gasteiger partial charge in [-0.3, -0.25) is 23.9 Å². The number of nitrogens with two attached hydrogens (primary N) is 1. The highest BCUT2D eigenvalue weighted by Gasteiger charge is 2.18. The molecule has 0 aliphatic rings. The number of carbonyl (C=O) groups is 2. The fraction of sp³-hybridized carbons (Fsp3) is 0.500. The minimum atomic E-state index is -2.65. The van der Waals surface area contributed by atoms with Crippen molar-refractivity contribution in [1.82, 2.24) is 9.88 Å². The molecule has 0 bridgehead atoms. The van der Waals surface area contributed by atoms with Crippen LogP contribution in [0.2, 0.25) is 0 Å². The number of nitrogens with zero attached hydrogens (tertiary/aromatic N) is 2. The molecule has 8 heteroatoms. The normalized spacial score (nSPS) is 13.6. The molecule has 2 rings (SSSR count). The van der Waals surface area contributed by atoms with E-state index >= 15 is 0 Å². The lowest BCUT2D eigenvalue weighted by molar-refractivity contribution is -0.134. The third kappa shape index (κ3) is 8.17. The van der Waals surface area contributed by atoms with Crippen molar-refractivity contribution < 1.29 is 18.2 Å². The molecule has 0 aliphatic carbocycles. The van der Waals surface area contributed by atoms with Crippen LogP contribution < -0.4 is 5.14 Å². The van der Waals surface area contributed by atoms with Crippen molar-refractivity contribution in [2.75, 3.05) is 18.8 Å². The molecular formula is C28H41N3O4S. The number of rotatable bonds is 14. The Morgan fingerprint density at radius 2 is 2.00 bits per heavy atom. The zero-order chi connectivity index (χ0) is 26.9. The molecule has 0 spiro atoms. The molecule has 2 aromatic heterocycles. The molecule has 1 unspecified atom stereocenters. The number of amides is 1. The van der Waals surface area contributed by atoms with Crippen molar-refractivity contribution >= 4 is 37.2 Å². The highest BCUT2D eigenvalue weighted by Crippen LogP contribution is 2.22. The standard InChI is InChI=1S/C28H41N3O4S/c1-7-14-31(28(33)20(3)4)15-9-16-36(29,34)24(8-2)11-10-21(5)17-22(6)27(32)25-18-23-12-13-30-19-26(23)35-25/h10,12-13,18-20H,6-9,11,14-17H2,1-5H3,(H2,29,34)/b21-10+. The van der Waals surface area contributed by atoms with Gasteiger partial charge in [0.05, 0.1) is 6.20 Å². The third-order valence-corrected chi connectivity index (χ3v) is 8.42. The molecule has 0 saturated carbocycles. The molecule has 2 N–H and O–H groups in total. The first-order valence-electron chi connectivity index (χ1n) is 12.6. The SMILES string of the molecule is C=C(C/C(C)=C/CC(CC)=S(N)(=O)CCCN(CCC)C(=O)C(C)C)C(=O)c1cc2ccncc2o1. The predicted molar refractivity (Wildman–Crippen MR) is 149 cm³/mol. The molecular weight excluding hydrogens is 474 g/mol. The zero-order valence-corrected chi connectivity index (χ0v) is 23.2. The molecule has 2 aromatic rings. The number of pyridine rings is 1. The number of carbonyl (C=O) groups excluding carboxylic acids is 2. The fourth-order valence-corrected chi connectivity index (χ4v) is 5.76. The Kier molecular flexibility index (Phi) is 11.1. The quantitative estimate of drug-likeness (QED) is 0.159. The van der Waals surface area contributed by atoms with Gasteiger partial charge in [0.25, 0.3) is 0 Å². The van der Waals surface area contributed by atoms with Crippen LogP contribution in [0.15, 0.2) is 52.7 Å². The van der Waals surface area contributed by atoms with Crippen molar-refractivity contribution in [1.29, 1.82) is 0 Å². The smallest absolute Gasteiger partial charge is 0.225 e. The van der Waals surface area contributed by atoms with Gasteiger partial charge in [-0.1, -0.05) is 45.9 Å². The zero-order valence-electron chi connectivity index (χ0n) is 22.3. The molecule has 0 fully saturated rings. The summed E-state index contributed by atoms with van der Waals surface area (Å²) in [6.45, 7) is 14.9. The number of allylic oxidation sites excluding steroid dienone is 3. The number of hydrogen-bond donors (Lipinski definition) is 1. The summed E-state index contributed by atoms with van der Waals surface area (Å²) < 4.78 is 18.9. The second-order valence-corrected chi connectivity index (χ2v) is 12.0. The average Bonchev–Trinajstić information content (AvgIpc) is 3.26. The van der Waals surface area contributed by atoms with Gasteiger partial charge in [0, 0.05) is 51.6 Å². The van der Waals surface area contributed by atoms with E-state index in [-0.39, 0.29) is 23.4 Å². The van der Waals surface area contributed by atoms with Crippen LogP contribution in [-0.4, -0.2) is 49.5 Å². The van der Waals surface area contributed by atoms with Crippen LogP contribution in [0.5, 0.6) is 0 Å². The number of aromatic nitrogens is 1. The molecule has 198 valence electrons. The second kappa shape index (κ2) is 13.6. The Bertz CT molecular complexity index is 1200. The van der Waals surface area contributed by atoms with E-state index in [4.69, 9.17) is 9.56 Å². The van der Waals surface area contributed by atoms with Crippen LogP contribution in [0.3, 0.4) is 0 Å². The van der Waals surface area contributed by atoms with Crippen LogP contribution >= 0.6 is 0 Å². The van der Waals surface area contributed by atoms with Gasteiger partial charge in [0.2, 0.25) is 11.7 Å². The predicted octanol–water partition coefficient (Wildman–Crippen LogP) is 5.32. The van der Waals surface area contributed by atoms with Crippen LogP contribution in [-0.2, 0) is 14.5 Å². The van der Waals surface area contributed by atoms with Gasteiger partial charge in [-0.15, -0.1) is 0 Å². The molecule has 0 saturated heterocycles. The Balaban J connectivity index is 2.01. The Morgan fingerprint density at radius 3 is 2.61 bits per heavy atom. The van der Waals surface area contributed by atoms with Gasteiger partial charge in [0.1, 0.15) is 0 Å². The molecule has 36 heavy (non-hydrogen) atoms. The maximum Gasteiger partial charge on any atom is 0.225 e. The third-order valence-electron chi connectivity index (χ3n) is 6.10. The van der Waals surface area contributed by atoms with Crippen molar-refractivity contribution in [2.24, 2.45) is 11.1 Å². The number of furan rings is 1. The van der Waals surface area contributed by atoms with Crippen molar-refractivity contribution in [3.63, 3.8) is 0 Å². The summed E-state index contributed by atoms with van der Waals surface area (Å²) in [7, 11) is -2.65. The summed E-state index contributed by atoms with van der Waals surface area (Å²) in [5.41, 5.74) is 1.93. The van der Waals surface area contributed by atoms with Gasteiger partial charge in [-0.2, -0.15) is 0 Å². The molecule has 7 nitrogen and oxygen atoms in total. The Hall–Kier alpha value is -2.71. The van der Waals surface area contributed by atoms with Crippen LogP contribution in [0.1, 0.15) is 77.3 Å². The van der Waals surface area contributed by atoms with E-state index in [2.05, 4.69) is 11.6 Å². The monoisotopic (exact) mass is 515 g/mol. The van der Waals surface area contributed by atoms with Crippen molar-refractivity contribution in [2.45, 2.75) is 66.7 Å². The summed E-state index contributed by atoms with van der Waals surface area (Å²) >= 11 is 0. The molecule has 2 heterocycles. The maximum atomic E-state index is 13.3. The summed E-state index contributed by atoms with van der Waals surface area (Å²) in [6.07, 6.45) is 8.16. The van der Waals surface area contributed by atoms with Gasteiger partial charge >= 0.3 is 0 Å². The Labute approximate surface area is 216 Å².